The Morgan fingerprint density at radius 3 is 2.06 bits per heavy atom. The molecule has 4 nitrogen and oxygen atoms in total. The Bertz CT molecular complexity index is 1670. The molecule has 0 bridgehead atoms. The average molecular weight is 439 g/mol. The number of nitrogens with zero attached hydrogens (tertiary/aromatic N) is 4. The minimum absolute atomic E-state index is 0.838. The molecular formula is C30H22N4. The van der Waals surface area contributed by atoms with Crippen LogP contribution in [0.25, 0.3) is 55.7 Å². The van der Waals surface area contributed by atoms with Gasteiger partial charge in [0, 0.05) is 34.3 Å². The highest BCUT2D eigenvalue weighted by Gasteiger charge is 2.16. The number of hydrogen-bond donors (Lipinski definition) is 0. The van der Waals surface area contributed by atoms with Gasteiger partial charge in [-0.05, 0) is 61.0 Å². The van der Waals surface area contributed by atoms with Crippen LogP contribution in [0.15, 0.2) is 110 Å². The fraction of sp³-hybridized carbons (Fsp3) is 0.0333. The first-order chi connectivity index (χ1) is 16.7. The molecule has 0 fully saturated rings. The number of fused-ring (bicyclic) bond motifs is 3. The van der Waals surface area contributed by atoms with Crippen molar-refractivity contribution in [3.63, 3.8) is 0 Å². The Hall–Kier alpha value is -4.57. The Morgan fingerprint density at radius 1 is 0.676 bits per heavy atom. The molecule has 0 atom stereocenters. The van der Waals surface area contributed by atoms with Gasteiger partial charge in [0.15, 0.2) is 0 Å². The molecule has 2 aromatic carbocycles. The summed E-state index contributed by atoms with van der Waals surface area (Å²) in [5.41, 5.74) is 7.88. The predicted octanol–water partition coefficient (Wildman–Crippen LogP) is 7.34. The molecule has 4 heteroatoms. The van der Waals surface area contributed by atoms with E-state index in [4.69, 9.17) is 4.98 Å². The predicted molar refractivity (Wildman–Crippen MR) is 140 cm³/mol. The van der Waals surface area contributed by atoms with Crippen molar-refractivity contribution in [2.45, 2.75) is 6.92 Å². The minimum Gasteiger partial charge on any atom is -0.294 e. The number of para-hydroxylation sites is 1. The zero-order valence-corrected chi connectivity index (χ0v) is 18.8. The number of pyridine rings is 3. The summed E-state index contributed by atoms with van der Waals surface area (Å²) in [6, 6.07) is 31.1. The molecule has 0 saturated heterocycles. The van der Waals surface area contributed by atoms with Crippen molar-refractivity contribution in [1.29, 1.82) is 0 Å². The zero-order valence-electron chi connectivity index (χ0n) is 18.8. The van der Waals surface area contributed by atoms with Crippen LogP contribution in [0.5, 0.6) is 0 Å². The Balaban J connectivity index is 1.68. The van der Waals surface area contributed by atoms with E-state index < -0.39 is 0 Å². The van der Waals surface area contributed by atoms with Crippen LogP contribution in [0.3, 0.4) is 0 Å². The number of hydrogen-bond acceptors (Lipinski definition) is 3. The van der Waals surface area contributed by atoms with Crippen LogP contribution in [0.2, 0.25) is 0 Å². The van der Waals surface area contributed by atoms with E-state index in [9.17, 15) is 0 Å². The average Bonchev–Trinajstić information content (AvgIpc) is 3.23. The summed E-state index contributed by atoms with van der Waals surface area (Å²) in [7, 11) is 0. The molecule has 0 aliphatic heterocycles. The highest BCUT2D eigenvalue weighted by atomic mass is 15.1. The van der Waals surface area contributed by atoms with E-state index in [-0.39, 0.29) is 0 Å². The summed E-state index contributed by atoms with van der Waals surface area (Å²) in [6.45, 7) is 6.15. The van der Waals surface area contributed by atoms with Crippen LogP contribution in [-0.2, 0) is 0 Å². The van der Waals surface area contributed by atoms with E-state index in [1.807, 2.05) is 55.7 Å². The summed E-state index contributed by atoms with van der Waals surface area (Å²) < 4.78 is 2.23. The third kappa shape index (κ3) is 3.37. The Labute approximate surface area is 197 Å². The van der Waals surface area contributed by atoms with E-state index in [2.05, 4.69) is 75.7 Å². The third-order valence-corrected chi connectivity index (χ3v) is 6.07. The van der Waals surface area contributed by atoms with E-state index in [0.717, 1.165) is 50.6 Å². The van der Waals surface area contributed by atoms with Gasteiger partial charge in [0.25, 0.3) is 0 Å². The molecule has 0 aliphatic rings. The van der Waals surface area contributed by atoms with Crippen LogP contribution >= 0.6 is 0 Å². The van der Waals surface area contributed by atoms with Gasteiger partial charge in [-0.2, -0.15) is 0 Å². The summed E-state index contributed by atoms with van der Waals surface area (Å²) in [4.78, 5) is 14.2. The van der Waals surface area contributed by atoms with Gasteiger partial charge in [-0.3, -0.25) is 14.5 Å². The fourth-order valence-corrected chi connectivity index (χ4v) is 4.44. The van der Waals surface area contributed by atoms with E-state index in [1.165, 1.54) is 10.8 Å². The van der Waals surface area contributed by atoms with Gasteiger partial charge in [-0.25, -0.2) is 4.98 Å². The molecule has 4 aromatic heterocycles. The van der Waals surface area contributed by atoms with Gasteiger partial charge in [0.05, 0.1) is 28.1 Å². The van der Waals surface area contributed by atoms with Crippen molar-refractivity contribution in [2.24, 2.45) is 0 Å². The van der Waals surface area contributed by atoms with Gasteiger partial charge >= 0.3 is 0 Å². The van der Waals surface area contributed by atoms with Crippen LogP contribution < -0.4 is 0 Å². The largest absolute Gasteiger partial charge is 0.294 e. The first kappa shape index (κ1) is 20.1. The molecule has 0 saturated carbocycles. The molecule has 0 radical (unpaired) electrons. The lowest BCUT2D eigenvalue weighted by molar-refractivity contribution is 1.07. The van der Waals surface area contributed by atoms with Crippen molar-refractivity contribution in [3.8, 4) is 28.3 Å². The lowest BCUT2D eigenvalue weighted by atomic mass is 10.1. The smallest absolute Gasteiger partial charge is 0.138 e. The topological polar surface area (TPSA) is 43.6 Å². The lowest BCUT2D eigenvalue weighted by Gasteiger charge is -2.12. The van der Waals surface area contributed by atoms with Gasteiger partial charge < -0.3 is 0 Å². The van der Waals surface area contributed by atoms with Crippen LogP contribution in [-0.4, -0.2) is 19.5 Å². The van der Waals surface area contributed by atoms with Crippen LogP contribution in [0.1, 0.15) is 12.6 Å². The molecular weight excluding hydrogens is 416 g/mol. The highest BCUT2D eigenvalue weighted by Crippen LogP contribution is 2.35. The van der Waals surface area contributed by atoms with Crippen LogP contribution in [0.4, 0.5) is 0 Å². The summed E-state index contributed by atoms with van der Waals surface area (Å²) in [5, 5.41) is 2.36. The molecule has 34 heavy (non-hydrogen) atoms. The van der Waals surface area contributed by atoms with Crippen molar-refractivity contribution in [1.82, 2.24) is 19.5 Å². The Morgan fingerprint density at radius 2 is 1.35 bits per heavy atom. The van der Waals surface area contributed by atoms with Gasteiger partial charge in [0.2, 0.25) is 0 Å². The fourth-order valence-electron chi connectivity index (χ4n) is 4.44. The van der Waals surface area contributed by atoms with Crippen molar-refractivity contribution in [2.75, 3.05) is 0 Å². The second-order valence-electron chi connectivity index (χ2n) is 8.39. The minimum atomic E-state index is 0.838. The molecule has 0 unspecified atom stereocenters. The third-order valence-electron chi connectivity index (χ3n) is 6.07. The molecule has 6 rings (SSSR count). The SMILES string of the molecule is C=C(C)c1cc(-c2ccccn2)cc(-n2c3ccccc3c3ccc(-c4ccccn4)cc32)n1. The molecule has 0 amide bonds. The van der Waals surface area contributed by atoms with Crippen molar-refractivity contribution in [3.05, 3.63) is 116 Å². The number of aromatic nitrogens is 4. The van der Waals surface area contributed by atoms with Gasteiger partial charge in [0.1, 0.15) is 5.82 Å². The lowest BCUT2D eigenvalue weighted by Crippen LogP contribution is -2.01. The monoisotopic (exact) mass is 438 g/mol. The molecule has 0 aliphatic carbocycles. The Kier molecular flexibility index (Phi) is 4.77. The van der Waals surface area contributed by atoms with Crippen molar-refractivity contribution >= 4 is 27.4 Å². The zero-order chi connectivity index (χ0) is 23.1. The highest BCUT2D eigenvalue weighted by molar-refractivity contribution is 6.10. The van der Waals surface area contributed by atoms with E-state index in [1.54, 1.807) is 0 Å². The summed E-state index contributed by atoms with van der Waals surface area (Å²) in [6.07, 6.45) is 3.64. The quantitative estimate of drug-likeness (QED) is 0.289. The molecule has 0 spiro atoms. The van der Waals surface area contributed by atoms with E-state index >= 15 is 0 Å². The summed E-state index contributed by atoms with van der Waals surface area (Å²) >= 11 is 0. The molecule has 0 N–H and O–H groups in total. The maximum atomic E-state index is 5.02. The number of rotatable bonds is 4. The van der Waals surface area contributed by atoms with Gasteiger partial charge in [-0.1, -0.05) is 49.0 Å². The second kappa shape index (κ2) is 8.09. The molecule has 6 aromatic rings. The summed E-state index contributed by atoms with van der Waals surface area (Å²) in [5.74, 6) is 0.838. The van der Waals surface area contributed by atoms with Crippen LogP contribution in [0, 0.1) is 0 Å². The first-order valence-corrected chi connectivity index (χ1v) is 11.2. The normalized spacial score (nSPS) is 11.2. The van der Waals surface area contributed by atoms with Gasteiger partial charge in [-0.15, -0.1) is 0 Å². The van der Waals surface area contributed by atoms with Crippen molar-refractivity contribution < 1.29 is 0 Å². The number of benzene rings is 2. The second-order valence-corrected chi connectivity index (χ2v) is 8.39. The number of allylic oxidation sites excluding steroid dienone is 1. The van der Waals surface area contributed by atoms with E-state index in [0.29, 0.717) is 0 Å². The standard InChI is InChI=1S/C30H22N4/c1-20(2)27-17-22(26-11-6-8-16-32-26)19-30(33-27)34-28-12-4-3-9-23(28)24-14-13-21(18-29(24)34)25-10-5-7-15-31-25/h3-19H,1H2,2H3. The molecule has 4 heterocycles. The molecule has 162 valence electrons. The first-order valence-electron chi connectivity index (χ1n) is 11.2. The maximum Gasteiger partial charge on any atom is 0.138 e. The maximum absolute atomic E-state index is 5.02.